The summed E-state index contributed by atoms with van der Waals surface area (Å²) < 4.78 is 56.8. The summed E-state index contributed by atoms with van der Waals surface area (Å²) in [5, 5.41) is 12.3. The number of halogens is 2. The van der Waals surface area contributed by atoms with Crippen LogP contribution in [0.4, 0.5) is 8.78 Å². The predicted molar refractivity (Wildman–Crippen MR) is 120 cm³/mol. The highest BCUT2D eigenvalue weighted by Crippen LogP contribution is 2.32. The molecule has 1 aliphatic carbocycles. The lowest BCUT2D eigenvalue weighted by atomic mass is 9.92. The van der Waals surface area contributed by atoms with Gasteiger partial charge in [0.25, 0.3) is 0 Å². The summed E-state index contributed by atoms with van der Waals surface area (Å²) in [6.07, 6.45) is 3.23. The molecule has 9 heteroatoms. The Morgan fingerprint density at radius 1 is 1.00 bits per heavy atom. The highest BCUT2D eigenvalue weighted by molar-refractivity contribution is 7.89. The number of fused-ring (bicyclic) bond motifs is 3. The number of aliphatic hydroxyl groups is 1. The van der Waals surface area contributed by atoms with E-state index < -0.39 is 27.3 Å². The van der Waals surface area contributed by atoms with Crippen LogP contribution < -0.4 is 0 Å². The van der Waals surface area contributed by atoms with Crippen LogP contribution in [0.3, 0.4) is 0 Å². The van der Waals surface area contributed by atoms with Crippen molar-refractivity contribution in [3.63, 3.8) is 0 Å². The van der Waals surface area contributed by atoms with Crippen molar-refractivity contribution in [1.82, 2.24) is 13.8 Å². The summed E-state index contributed by atoms with van der Waals surface area (Å²) in [5.41, 5.74) is -0.0669. The normalized spacial score (nSPS) is 22.2. The van der Waals surface area contributed by atoms with E-state index in [2.05, 4.69) is 0 Å². The zero-order valence-electron chi connectivity index (χ0n) is 18.0. The first kappa shape index (κ1) is 21.8. The Balaban J connectivity index is 1.43. The van der Waals surface area contributed by atoms with Crippen molar-refractivity contribution < 1.29 is 22.3 Å². The van der Waals surface area contributed by atoms with Gasteiger partial charge < -0.3 is 9.67 Å². The van der Waals surface area contributed by atoms with E-state index in [0.717, 1.165) is 19.3 Å². The van der Waals surface area contributed by atoms with Gasteiger partial charge in [0, 0.05) is 47.5 Å². The van der Waals surface area contributed by atoms with E-state index in [4.69, 9.17) is 0 Å². The molecule has 1 aliphatic heterocycles. The molecule has 0 bridgehead atoms. The third kappa shape index (κ3) is 3.91. The van der Waals surface area contributed by atoms with Gasteiger partial charge in [0.05, 0.1) is 12.1 Å². The van der Waals surface area contributed by atoms with Gasteiger partial charge in [-0.3, -0.25) is 4.90 Å². The lowest BCUT2D eigenvalue weighted by molar-refractivity contribution is 0.0192. The third-order valence-corrected chi connectivity index (χ3v) is 8.51. The van der Waals surface area contributed by atoms with Crippen LogP contribution in [0.5, 0.6) is 0 Å². The van der Waals surface area contributed by atoms with E-state index in [-0.39, 0.29) is 19.0 Å². The van der Waals surface area contributed by atoms with Crippen LogP contribution in [0.2, 0.25) is 0 Å². The van der Waals surface area contributed by atoms with Crippen molar-refractivity contribution in [1.29, 1.82) is 0 Å². The van der Waals surface area contributed by atoms with Crippen LogP contribution >= 0.6 is 0 Å². The Labute approximate surface area is 186 Å². The molecule has 1 atom stereocenters. The Hall–Kier alpha value is -2.07. The first-order valence-electron chi connectivity index (χ1n) is 10.9. The number of aromatic nitrogens is 1. The van der Waals surface area contributed by atoms with Crippen molar-refractivity contribution in [3.8, 4) is 0 Å². The molecule has 1 N–H and O–H groups in total. The molecular weight excluding hydrogens is 436 g/mol. The zero-order valence-corrected chi connectivity index (χ0v) is 18.8. The van der Waals surface area contributed by atoms with Crippen molar-refractivity contribution in [3.05, 3.63) is 48.0 Å². The Morgan fingerprint density at radius 2 is 1.59 bits per heavy atom. The minimum absolute atomic E-state index is 0.0122. The molecule has 1 saturated heterocycles. The molecule has 1 unspecified atom stereocenters. The number of benzene rings is 2. The average Bonchev–Trinajstić information content (AvgIpc) is 2.94. The second kappa shape index (κ2) is 7.76. The number of rotatable bonds is 5. The summed E-state index contributed by atoms with van der Waals surface area (Å²) in [5.74, 6) is -0.868. The van der Waals surface area contributed by atoms with Gasteiger partial charge >= 0.3 is 0 Å². The minimum Gasteiger partial charge on any atom is -0.387 e. The van der Waals surface area contributed by atoms with Crippen LogP contribution in [0, 0.1) is 11.6 Å². The molecule has 2 heterocycles. The summed E-state index contributed by atoms with van der Waals surface area (Å²) in [6, 6.07) is 8.92. The molecule has 0 radical (unpaired) electrons. The van der Waals surface area contributed by atoms with E-state index in [1.165, 1.54) is 28.6 Å². The van der Waals surface area contributed by atoms with Crippen LogP contribution in [0.1, 0.15) is 26.2 Å². The minimum atomic E-state index is -3.51. The lowest BCUT2D eigenvalue weighted by Crippen LogP contribution is -2.57. The summed E-state index contributed by atoms with van der Waals surface area (Å²) >= 11 is 0. The van der Waals surface area contributed by atoms with Gasteiger partial charge in [-0.1, -0.05) is 6.42 Å². The molecule has 1 aromatic heterocycles. The second-order valence-electron chi connectivity index (χ2n) is 9.38. The predicted octanol–water partition coefficient (Wildman–Crippen LogP) is 3.28. The lowest BCUT2D eigenvalue weighted by Gasteiger charge is -2.43. The first-order chi connectivity index (χ1) is 15.1. The molecule has 2 fully saturated rings. The van der Waals surface area contributed by atoms with Crippen LogP contribution in [0.25, 0.3) is 21.8 Å². The number of hydrogen-bond acceptors (Lipinski definition) is 4. The summed E-state index contributed by atoms with van der Waals surface area (Å²) in [6.45, 7) is 2.65. The fourth-order valence-corrected chi connectivity index (χ4v) is 6.70. The van der Waals surface area contributed by atoms with Crippen molar-refractivity contribution in [2.75, 3.05) is 25.5 Å². The monoisotopic (exact) mass is 463 g/mol. The van der Waals surface area contributed by atoms with E-state index in [9.17, 15) is 22.3 Å². The maximum Gasteiger partial charge on any atom is 0.227 e. The number of β-amino-alcohol motifs (C(OH)–C–C–N with tert-alkyl or cyclic N) is 1. The van der Waals surface area contributed by atoms with Crippen molar-refractivity contribution in [2.24, 2.45) is 0 Å². The molecular formula is C23H27F2N3O3S. The standard InChI is InChI=1S/C23H27F2N3O3S/c1-23(29,13-27-10-9-26(15-32(27,30)31)18-3-2-4-18)14-28-21-7-5-16(24)11-19(21)20-12-17(25)6-8-22(20)28/h5-8,11-12,18,29H,2-4,9-10,13-15H2,1H3. The maximum absolute atomic E-state index is 13.9. The molecule has 6 nitrogen and oxygen atoms in total. The quantitative estimate of drug-likeness (QED) is 0.631. The Morgan fingerprint density at radius 3 is 2.09 bits per heavy atom. The van der Waals surface area contributed by atoms with Crippen LogP contribution in [0.15, 0.2) is 36.4 Å². The number of nitrogens with zero attached hydrogens (tertiary/aromatic N) is 3. The molecule has 2 aliphatic rings. The van der Waals surface area contributed by atoms with E-state index >= 15 is 0 Å². The van der Waals surface area contributed by atoms with E-state index in [0.29, 0.717) is 40.9 Å². The molecule has 172 valence electrons. The fraction of sp³-hybridized carbons (Fsp3) is 0.478. The van der Waals surface area contributed by atoms with Gasteiger partial charge in [-0.2, -0.15) is 4.31 Å². The van der Waals surface area contributed by atoms with Gasteiger partial charge in [0.1, 0.15) is 17.5 Å². The SMILES string of the molecule is CC(O)(CN1CCN(C2CCC2)CS1(=O)=O)Cn1c2ccc(F)cc2c2cc(F)ccc21. The summed E-state index contributed by atoms with van der Waals surface area (Å²) in [7, 11) is -3.51. The largest absolute Gasteiger partial charge is 0.387 e. The highest BCUT2D eigenvalue weighted by atomic mass is 32.2. The van der Waals surface area contributed by atoms with Crippen molar-refractivity contribution >= 4 is 31.8 Å². The van der Waals surface area contributed by atoms with Gasteiger partial charge in [0.15, 0.2) is 0 Å². The molecule has 0 amide bonds. The Bertz CT molecular complexity index is 1230. The highest BCUT2D eigenvalue weighted by Gasteiger charge is 2.39. The van der Waals surface area contributed by atoms with Gasteiger partial charge in [-0.15, -0.1) is 0 Å². The number of sulfonamides is 1. The van der Waals surface area contributed by atoms with Crippen LogP contribution in [-0.4, -0.2) is 64.5 Å². The maximum atomic E-state index is 13.9. The van der Waals surface area contributed by atoms with Crippen LogP contribution in [-0.2, 0) is 16.6 Å². The van der Waals surface area contributed by atoms with E-state index in [1.54, 1.807) is 23.6 Å². The van der Waals surface area contributed by atoms with Gasteiger partial charge in [-0.05, 0) is 56.2 Å². The molecule has 2 aromatic carbocycles. The molecule has 5 rings (SSSR count). The number of hydrogen-bond donors (Lipinski definition) is 1. The fourth-order valence-electron chi connectivity index (χ4n) is 4.94. The molecule has 1 saturated carbocycles. The zero-order chi connectivity index (χ0) is 22.7. The topological polar surface area (TPSA) is 65.8 Å². The van der Waals surface area contributed by atoms with Gasteiger partial charge in [0.2, 0.25) is 10.0 Å². The smallest absolute Gasteiger partial charge is 0.227 e. The average molecular weight is 464 g/mol. The van der Waals surface area contributed by atoms with Gasteiger partial charge in [-0.25, -0.2) is 17.2 Å². The molecule has 32 heavy (non-hydrogen) atoms. The second-order valence-corrected chi connectivity index (χ2v) is 11.3. The summed E-state index contributed by atoms with van der Waals surface area (Å²) in [4.78, 5) is 2.03. The first-order valence-corrected chi connectivity index (χ1v) is 12.6. The third-order valence-electron chi connectivity index (χ3n) is 6.75. The molecule has 0 spiro atoms. The Kier molecular flexibility index (Phi) is 5.28. The molecule has 3 aromatic rings. The van der Waals surface area contributed by atoms with Crippen molar-refractivity contribution in [2.45, 2.75) is 44.4 Å². The van der Waals surface area contributed by atoms with E-state index in [1.807, 2.05) is 4.90 Å².